The van der Waals surface area contributed by atoms with E-state index in [9.17, 15) is 0 Å². The Bertz CT molecular complexity index is 40.3. The van der Waals surface area contributed by atoms with E-state index >= 15 is 0 Å². The Hall–Kier alpha value is 0.916. The van der Waals surface area contributed by atoms with Crippen molar-refractivity contribution in [2.45, 2.75) is 0 Å². The van der Waals surface area contributed by atoms with Crippen LogP contribution in [0.1, 0.15) is 2.85 Å². The zero-order valence-electron chi connectivity index (χ0n) is 4.51. The third kappa shape index (κ3) is 89.9. The van der Waals surface area contributed by atoms with Gasteiger partial charge in [0.15, 0.2) is 17.4 Å². The summed E-state index contributed by atoms with van der Waals surface area (Å²) in [5, 5.41) is 0. The van der Waals surface area contributed by atoms with Gasteiger partial charge >= 0.3 is 32.2 Å². The molecular formula is H7AlMgO3Si. The molecule has 0 saturated heterocycles. The maximum Gasteiger partial charge on any atom is 2.00 e. The molecule has 3 nitrogen and oxygen atoms in total. The molecular weight excluding hydrogens is 127 g/mol. The molecule has 0 aliphatic carbocycles. The van der Waals surface area contributed by atoms with Crippen LogP contribution in [0.5, 0.6) is 0 Å². The minimum Gasteiger partial charge on any atom is -1.00 e. The molecule has 0 spiro atoms. The molecule has 2 N–H and O–H groups in total. The number of hydrogen-bond donors (Lipinski definition) is 2. The molecule has 34 valence electrons. The Morgan fingerprint density at radius 3 is 1.50 bits per heavy atom. The van der Waals surface area contributed by atoms with Crippen molar-refractivity contribution in [3.05, 3.63) is 0 Å². The van der Waals surface area contributed by atoms with Gasteiger partial charge in [0.05, 0.1) is 0 Å². The summed E-state index contributed by atoms with van der Waals surface area (Å²) in [5.74, 6) is 0. The molecule has 0 amide bonds. The Morgan fingerprint density at radius 2 is 1.50 bits per heavy atom. The number of hydrogen-bond acceptors (Lipinski definition) is 1. The van der Waals surface area contributed by atoms with Crippen LogP contribution in [0.4, 0.5) is 0 Å². The summed E-state index contributed by atoms with van der Waals surface area (Å²) in [7, 11) is -3.13. The van der Waals surface area contributed by atoms with Gasteiger partial charge in [0.1, 0.15) is 0 Å². The molecule has 0 rings (SSSR count). The van der Waals surface area contributed by atoms with Gasteiger partial charge in [-0.1, -0.05) is 0 Å². The monoisotopic (exact) mass is 134 g/mol. The molecule has 0 aromatic carbocycles. The fourth-order valence-corrected chi connectivity index (χ4v) is 0. The van der Waals surface area contributed by atoms with Gasteiger partial charge in [-0.25, -0.2) is 0 Å². The van der Waals surface area contributed by atoms with Crippen molar-refractivity contribution in [1.29, 1.82) is 0 Å². The Balaban J connectivity index is -0.00000000750. The second-order valence-electron chi connectivity index (χ2n) is 0.283. The van der Waals surface area contributed by atoms with E-state index in [-0.39, 0.29) is 43.3 Å². The van der Waals surface area contributed by atoms with Gasteiger partial charge in [0, 0.05) is 0 Å². The van der Waals surface area contributed by atoms with Crippen molar-refractivity contribution >= 4 is 49.6 Å². The first-order chi connectivity index (χ1) is 1.73. The summed E-state index contributed by atoms with van der Waals surface area (Å²) in [6.45, 7) is 0. The van der Waals surface area contributed by atoms with E-state index in [1.807, 2.05) is 0 Å². The van der Waals surface area contributed by atoms with E-state index in [4.69, 9.17) is 14.1 Å². The normalized spacial score (nSPS) is 4.00. The topological polar surface area (TPSA) is 57.5 Å². The average Bonchev–Trinajstić information content (AvgIpc) is 0.811. The second-order valence-corrected chi connectivity index (χ2v) is 0.848. The third-order valence-electron chi connectivity index (χ3n) is 0. The smallest absolute Gasteiger partial charge is 1.00 e. The summed E-state index contributed by atoms with van der Waals surface area (Å²) in [6, 6.07) is 0. The van der Waals surface area contributed by atoms with E-state index in [2.05, 4.69) is 0 Å². The quantitative estimate of drug-likeness (QED) is 0.348. The van der Waals surface area contributed by atoms with Crippen LogP contribution in [0.2, 0.25) is 0 Å². The molecule has 0 unspecified atom stereocenters. The van der Waals surface area contributed by atoms with Crippen molar-refractivity contribution in [2.24, 2.45) is 0 Å². The van der Waals surface area contributed by atoms with Crippen molar-refractivity contribution in [1.82, 2.24) is 0 Å². The predicted octanol–water partition coefficient (Wildman–Crippen LogP) is -2.95. The van der Waals surface area contributed by atoms with E-state index in [0.29, 0.717) is 0 Å². The molecule has 6 heteroatoms. The SMILES string of the molecule is O=[Si](O)O.[AlH3].[H-].[H-].[Mg+2]. The summed E-state index contributed by atoms with van der Waals surface area (Å²) < 4.78 is 8.74. The van der Waals surface area contributed by atoms with Crippen LogP contribution in [0, 0.1) is 0 Å². The number of rotatable bonds is 0. The molecule has 0 saturated carbocycles. The zero-order chi connectivity index (χ0) is 3.58. The van der Waals surface area contributed by atoms with E-state index in [1.165, 1.54) is 0 Å². The summed E-state index contributed by atoms with van der Waals surface area (Å²) in [5.41, 5.74) is 0. The molecule has 0 atom stereocenters. The van der Waals surface area contributed by atoms with Crippen LogP contribution in [-0.4, -0.2) is 59.2 Å². The van der Waals surface area contributed by atoms with Crippen molar-refractivity contribution in [2.75, 3.05) is 0 Å². The minimum absolute atomic E-state index is 0. The van der Waals surface area contributed by atoms with E-state index < -0.39 is 9.17 Å². The van der Waals surface area contributed by atoms with Gasteiger partial charge in [-0.15, -0.1) is 0 Å². The van der Waals surface area contributed by atoms with Crippen LogP contribution in [-0.2, 0) is 4.46 Å². The first kappa shape index (κ1) is 15.8. The molecule has 0 bridgehead atoms. The van der Waals surface area contributed by atoms with Gasteiger partial charge in [0.25, 0.3) is 0 Å². The second kappa shape index (κ2) is 9.32. The molecule has 0 aliphatic heterocycles. The zero-order valence-corrected chi connectivity index (χ0v) is 4.92. The van der Waals surface area contributed by atoms with E-state index in [1.54, 1.807) is 0 Å². The Morgan fingerprint density at radius 1 is 1.50 bits per heavy atom. The first-order valence-electron chi connectivity index (χ1n) is 0.651. The molecule has 6 heavy (non-hydrogen) atoms. The van der Waals surface area contributed by atoms with E-state index in [0.717, 1.165) is 0 Å². The van der Waals surface area contributed by atoms with Crippen LogP contribution >= 0.6 is 0 Å². The van der Waals surface area contributed by atoms with Crippen molar-refractivity contribution in [3.8, 4) is 0 Å². The average molecular weight is 134 g/mol. The minimum atomic E-state index is -3.13. The largest absolute Gasteiger partial charge is 2.00 e. The van der Waals surface area contributed by atoms with Crippen molar-refractivity contribution in [3.63, 3.8) is 0 Å². The fraction of sp³-hybridized carbons (Fsp3) is 0. The van der Waals surface area contributed by atoms with Crippen molar-refractivity contribution < 1.29 is 16.9 Å². The van der Waals surface area contributed by atoms with Crippen LogP contribution < -0.4 is 0 Å². The Labute approximate surface area is 66.5 Å². The standard InChI is InChI=1S/Al.Mg.H2O3Si.5H/c;;1-4(2)3;;;;;/h;;1-2H;;;;;/q;+2;;;;;2*-1. The molecule has 0 radical (unpaired) electrons. The van der Waals surface area contributed by atoms with Crippen LogP contribution in [0.25, 0.3) is 0 Å². The maximum atomic E-state index is 8.74. The summed E-state index contributed by atoms with van der Waals surface area (Å²) in [6.07, 6.45) is 0. The van der Waals surface area contributed by atoms with Crippen LogP contribution in [0.15, 0.2) is 0 Å². The Kier molecular flexibility index (Phi) is 24.5. The van der Waals surface area contributed by atoms with Gasteiger partial charge < -0.3 is 12.4 Å². The summed E-state index contributed by atoms with van der Waals surface area (Å²) >= 11 is 0. The third-order valence-corrected chi connectivity index (χ3v) is 0. The van der Waals surface area contributed by atoms with Gasteiger partial charge in [-0.05, 0) is 0 Å². The molecule has 0 heterocycles. The molecule has 0 aromatic heterocycles. The van der Waals surface area contributed by atoms with Crippen LogP contribution in [0.3, 0.4) is 0 Å². The molecule has 0 aliphatic rings. The maximum absolute atomic E-state index is 8.74. The molecule has 0 aromatic rings. The summed E-state index contributed by atoms with van der Waals surface area (Å²) in [4.78, 5) is 14.3. The predicted molar refractivity (Wildman–Crippen MR) is 28.8 cm³/mol. The van der Waals surface area contributed by atoms with Gasteiger partial charge in [-0.2, -0.15) is 0 Å². The van der Waals surface area contributed by atoms with Gasteiger partial charge in [0.2, 0.25) is 0 Å². The fourth-order valence-electron chi connectivity index (χ4n) is 0. The molecule has 0 fully saturated rings. The van der Waals surface area contributed by atoms with Gasteiger partial charge in [-0.3, -0.25) is 4.46 Å². The first-order valence-corrected chi connectivity index (χ1v) is 1.95.